The van der Waals surface area contributed by atoms with Gasteiger partial charge in [-0.25, -0.2) is 0 Å². The monoisotopic (exact) mass is 419 g/mol. The molecule has 0 saturated carbocycles. The van der Waals surface area contributed by atoms with Crippen molar-refractivity contribution in [2.75, 3.05) is 5.73 Å². The van der Waals surface area contributed by atoms with Gasteiger partial charge in [0.1, 0.15) is 0 Å². The second-order valence-corrected chi connectivity index (χ2v) is 10.0. The van der Waals surface area contributed by atoms with Crippen LogP contribution in [0.25, 0.3) is 0 Å². The normalized spacial score (nSPS) is 13.7. The van der Waals surface area contributed by atoms with Crippen molar-refractivity contribution in [2.45, 2.75) is 72.4 Å². The number of anilines is 1. The predicted molar refractivity (Wildman–Crippen MR) is 120 cm³/mol. The number of nitrogen functional groups attached to an aromatic ring is 1. The minimum atomic E-state index is -3.82. The quantitative estimate of drug-likeness (QED) is 0.216. The summed E-state index contributed by atoms with van der Waals surface area (Å²) in [4.78, 5) is 15.4. The SMILES string of the molecule is CCC(CC)P(=O)(O)OOc1cc(C)c(Cc2ccc(N)c(C(C)C)c2)c(C)c1. The van der Waals surface area contributed by atoms with E-state index in [9.17, 15) is 9.46 Å². The lowest BCUT2D eigenvalue weighted by molar-refractivity contribution is -0.111. The van der Waals surface area contributed by atoms with Gasteiger partial charge in [0.15, 0.2) is 5.75 Å². The Labute approximate surface area is 174 Å². The Morgan fingerprint density at radius 1 is 1.07 bits per heavy atom. The molecule has 2 rings (SSSR count). The van der Waals surface area contributed by atoms with Gasteiger partial charge in [0.05, 0.1) is 5.66 Å². The maximum absolute atomic E-state index is 12.3. The Bertz CT molecular complexity index is 867. The van der Waals surface area contributed by atoms with Crippen LogP contribution in [0, 0.1) is 13.8 Å². The van der Waals surface area contributed by atoms with E-state index in [1.54, 1.807) is 0 Å². The molecule has 2 aromatic carbocycles. The first-order chi connectivity index (χ1) is 13.6. The van der Waals surface area contributed by atoms with Crippen LogP contribution < -0.4 is 10.6 Å². The molecule has 0 radical (unpaired) electrons. The first-order valence-electron chi connectivity index (χ1n) is 10.3. The zero-order chi connectivity index (χ0) is 21.8. The average Bonchev–Trinajstić information content (AvgIpc) is 2.65. The number of benzene rings is 2. The van der Waals surface area contributed by atoms with Crippen molar-refractivity contribution in [3.8, 4) is 5.75 Å². The summed E-state index contributed by atoms with van der Waals surface area (Å²) < 4.78 is 17.3. The molecule has 2 aromatic rings. The fourth-order valence-corrected chi connectivity index (χ4v) is 4.86. The minimum absolute atomic E-state index is 0.370. The highest BCUT2D eigenvalue weighted by atomic mass is 31.2. The Hall–Kier alpha value is -1.81. The Kier molecular flexibility index (Phi) is 7.93. The van der Waals surface area contributed by atoms with Gasteiger partial charge in [-0.15, -0.1) is 0 Å². The number of hydrogen-bond donors (Lipinski definition) is 2. The number of aryl methyl sites for hydroxylation is 2. The molecule has 6 heteroatoms. The molecule has 0 aliphatic heterocycles. The smallest absolute Gasteiger partial charge is 0.369 e. The van der Waals surface area contributed by atoms with E-state index in [0.717, 1.165) is 28.8 Å². The number of nitrogens with two attached hydrogens (primary N) is 1. The van der Waals surface area contributed by atoms with Crippen LogP contribution in [0.1, 0.15) is 74.3 Å². The molecule has 1 unspecified atom stereocenters. The fourth-order valence-electron chi connectivity index (χ4n) is 3.63. The van der Waals surface area contributed by atoms with Gasteiger partial charge in [0, 0.05) is 5.69 Å². The molecule has 0 fully saturated rings. The molecule has 0 aliphatic carbocycles. The van der Waals surface area contributed by atoms with Crippen LogP contribution in [0.15, 0.2) is 30.3 Å². The highest BCUT2D eigenvalue weighted by Gasteiger charge is 2.31. The molecule has 0 heterocycles. The molecule has 1 atom stereocenters. The Balaban J connectivity index is 2.20. The summed E-state index contributed by atoms with van der Waals surface area (Å²) in [5, 5.41) is 0. The summed E-state index contributed by atoms with van der Waals surface area (Å²) in [7, 11) is -3.82. The molecule has 0 aliphatic rings. The van der Waals surface area contributed by atoms with E-state index in [4.69, 9.17) is 15.3 Å². The van der Waals surface area contributed by atoms with Crippen LogP contribution in [0.5, 0.6) is 5.75 Å². The van der Waals surface area contributed by atoms with Crippen LogP contribution in [0.2, 0.25) is 0 Å². The van der Waals surface area contributed by atoms with Crippen LogP contribution >= 0.6 is 7.60 Å². The maximum atomic E-state index is 12.3. The highest BCUT2D eigenvalue weighted by molar-refractivity contribution is 7.53. The number of rotatable bonds is 9. The summed E-state index contributed by atoms with van der Waals surface area (Å²) >= 11 is 0. The predicted octanol–water partition coefficient (Wildman–Crippen LogP) is 6.28. The van der Waals surface area contributed by atoms with Gasteiger partial charge in [-0.1, -0.05) is 44.5 Å². The van der Waals surface area contributed by atoms with Gasteiger partial charge in [-0.2, -0.15) is 0 Å². The number of hydrogen-bond acceptors (Lipinski definition) is 4. The van der Waals surface area contributed by atoms with Gasteiger partial charge in [0.2, 0.25) is 0 Å². The van der Waals surface area contributed by atoms with Gasteiger partial charge in [-0.3, -0.25) is 4.57 Å². The standard InChI is InChI=1S/C23H34NO4P/c1-7-20(8-2)29(25,26)28-27-19-11-16(5)22(17(6)12-19)14-18-9-10-23(24)21(13-18)15(3)4/h9-13,15,20H,7-8,14,24H2,1-6H3,(H,25,26). The van der Waals surface area contributed by atoms with E-state index in [1.165, 1.54) is 11.1 Å². The van der Waals surface area contributed by atoms with Gasteiger partial charge in [-0.05, 0) is 85.0 Å². The summed E-state index contributed by atoms with van der Waals surface area (Å²) in [6, 6.07) is 9.89. The average molecular weight is 420 g/mol. The zero-order valence-electron chi connectivity index (χ0n) is 18.4. The van der Waals surface area contributed by atoms with Crippen molar-refractivity contribution in [2.24, 2.45) is 0 Å². The van der Waals surface area contributed by atoms with Crippen molar-refractivity contribution in [1.29, 1.82) is 0 Å². The molecule has 0 saturated heterocycles. The largest absolute Gasteiger partial charge is 0.398 e. The maximum Gasteiger partial charge on any atom is 0.369 e. The molecular formula is C23H34NO4P. The lowest BCUT2D eigenvalue weighted by Gasteiger charge is -2.19. The van der Waals surface area contributed by atoms with Crippen molar-refractivity contribution < 1.29 is 19.0 Å². The van der Waals surface area contributed by atoms with Gasteiger partial charge >= 0.3 is 7.60 Å². The van der Waals surface area contributed by atoms with Gasteiger partial charge < -0.3 is 15.5 Å². The molecule has 3 N–H and O–H groups in total. The van der Waals surface area contributed by atoms with Crippen molar-refractivity contribution >= 4 is 13.3 Å². The molecule has 5 nitrogen and oxygen atoms in total. The lowest BCUT2D eigenvalue weighted by Crippen LogP contribution is -2.10. The summed E-state index contributed by atoms with van der Waals surface area (Å²) in [5.74, 6) is 0.804. The van der Waals surface area contributed by atoms with E-state index >= 15 is 0 Å². The van der Waals surface area contributed by atoms with E-state index in [-0.39, 0.29) is 0 Å². The Morgan fingerprint density at radius 3 is 2.17 bits per heavy atom. The second kappa shape index (κ2) is 9.80. The molecule has 0 bridgehead atoms. The third-order valence-corrected chi connectivity index (χ3v) is 7.41. The van der Waals surface area contributed by atoms with E-state index < -0.39 is 13.3 Å². The molecule has 29 heavy (non-hydrogen) atoms. The van der Waals surface area contributed by atoms with Crippen molar-refractivity contribution in [3.63, 3.8) is 0 Å². The molecular weight excluding hydrogens is 385 g/mol. The minimum Gasteiger partial charge on any atom is -0.398 e. The van der Waals surface area contributed by atoms with E-state index in [1.807, 2.05) is 45.9 Å². The first-order valence-corrected chi connectivity index (χ1v) is 11.9. The zero-order valence-corrected chi connectivity index (χ0v) is 19.3. The van der Waals surface area contributed by atoms with Crippen LogP contribution in [0.3, 0.4) is 0 Å². The third kappa shape index (κ3) is 5.85. The van der Waals surface area contributed by atoms with Crippen LogP contribution in [-0.4, -0.2) is 10.6 Å². The second-order valence-electron chi connectivity index (χ2n) is 8.02. The summed E-state index contributed by atoms with van der Waals surface area (Å²) in [6.45, 7) is 12.0. The third-order valence-electron chi connectivity index (χ3n) is 5.47. The van der Waals surface area contributed by atoms with E-state index in [0.29, 0.717) is 24.5 Å². The highest BCUT2D eigenvalue weighted by Crippen LogP contribution is 2.50. The molecule has 0 aromatic heterocycles. The van der Waals surface area contributed by atoms with Crippen LogP contribution in [-0.2, 0) is 15.7 Å². The molecule has 0 spiro atoms. The fraction of sp³-hybridized carbons (Fsp3) is 0.478. The molecule has 0 amide bonds. The lowest BCUT2D eigenvalue weighted by atomic mass is 9.92. The summed E-state index contributed by atoms with van der Waals surface area (Å²) in [5.41, 5.74) is 12.1. The molecule has 160 valence electrons. The van der Waals surface area contributed by atoms with Crippen molar-refractivity contribution in [1.82, 2.24) is 0 Å². The van der Waals surface area contributed by atoms with E-state index in [2.05, 4.69) is 26.0 Å². The van der Waals surface area contributed by atoms with Crippen molar-refractivity contribution in [3.05, 3.63) is 58.1 Å². The first kappa shape index (κ1) is 23.5. The van der Waals surface area contributed by atoms with Gasteiger partial charge in [0.25, 0.3) is 0 Å². The summed E-state index contributed by atoms with van der Waals surface area (Å²) in [6.07, 6.45) is 1.90. The topological polar surface area (TPSA) is 81.8 Å². The Morgan fingerprint density at radius 2 is 1.66 bits per heavy atom. The van der Waals surface area contributed by atoms with Crippen LogP contribution in [0.4, 0.5) is 5.69 Å².